The molecule has 9 heteroatoms. The maximum Gasteiger partial charge on any atom is 0.319 e. The van der Waals surface area contributed by atoms with Crippen molar-refractivity contribution in [3.8, 4) is 11.8 Å². The lowest BCUT2D eigenvalue weighted by molar-refractivity contribution is 0.0670. The molecule has 0 aliphatic rings. The lowest BCUT2D eigenvalue weighted by Crippen LogP contribution is -2.31. The summed E-state index contributed by atoms with van der Waals surface area (Å²) in [6.07, 6.45) is 2.62. The van der Waals surface area contributed by atoms with Crippen LogP contribution in [0.4, 0.5) is 19.3 Å². The minimum absolute atomic E-state index is 0.122. The van der Waals surface area contributed by atoms with Crippen molar-refractivity contribution in [3.05, 3.63) is 42.0 Å². The highest BCUT2D eigenvalue weighted by Crippen LogP contribution is 2.25. The molecule has 2 rings (SSSR count). The molecule has 0 atom stereocenters. The van der Waals surface area contributed by atoms with Gasteiger partial charge in [0.1, 0.15) is 11.6 Å². The fraction of sp³-hybridized carbons (Fsp3) is 0.312. The first-order valence-electron chi connectivity index (χ1n) is 7.56. The predicted molar refractivity (Wildman–Crippen MR) is 86.5 cm³/mol. The van der Waals surface area contributed by atoms with Gasteiger partial charge in [0.2, 0.25) is 0 Å². The highest BCUT2D eigenvalue weighted by Gasteiger charge is 2.12. The third kappa shape index (κ3) is 4.91. The number of urea groups is 1. The lowest BCUT2D eigenvalue weighted by Gasteiger charge is -2.13. The Bertz CT molecular complexity index is 770. The minimum atomic E-state index is -2.67. The number of ether oxygens (including phenoxy) is 1. The molecule has 2 N–H and O–H groups in total. The number of benzene rings is 1. The van der Waals surface area contributed by atoms with Crippen LogP contribution in [0.1, 0.15) is 24.9 Å². The first-order chi connectivity index (χ1) is 12.0. The summed E-state index contributed by atoms with van der Waals surface area (Å²) in [5.74, 6) is 0.613. The van der Waals surface area contributed by atoms with Gasteiger partial charge in [0.15, 0.2) is 0 Å². The number of imidazole rings is 1. The molecule has 0 fully saturated rings. The van der Waals surface area contributed by atoms with Gasteiger partial charge >= 0.3 is 12.6 Å². The molecule has 2 aromatic rings. The smallest absolute Gasteiger partial charge is 0.319 e. The quantitative estimate of drug-likeness (QED) is 0.804. The number of halogens is 2. The Morgan fingerprint density at radius 2 is 2.28 bits per heavy atom. The van der Waals surface area contributed by atoms with Crippen molar-refractivity contribution in [1.82, 2.24) is 14.9 Å². The van der Waals surface area contributed by atoms with Gasteiger partial charge in [-0.25, -0.2) is 9.78 Å². The van der Waals surface area contributed by atoms with E-state index < -0.39 is 12.6 Å². The van der Waals surface area contributed by atoms with E-state index in [9.17, 15) is 13.6 Å². The molecule has 0 saturated heterocycles. The Morgan fingerprint density at radius 1 is 1.48 bits per heavy atom. The van der Waals surface area contributed by atoms with Crippen LogP contribution in [0.5, 0.6) is 5.75 Å². The molecule has 0 aliphatic carbocycles. The summed E-state index contributed by atoms with van der Waals surface area (Å²) < 4.78 is 31.5. The van der Waals surface area contributed by atoms with Crippen LogP contribution in [0.15, 0.2) is 30.6 Å². The van der Waals surface area contributed by atoms with Crippen LogP contribution in [-0.2, 0) is 6.42 Å². The third-order valence-electron chi connectivity index (χ3n) is 3.25. The average molecular weight is 349 g/mol. The van der Waals surface area contributed by atoms with E-state index in [0.717, 1.165) is 4.57 Å². The molecule has 0 saturated carbocycles. The van der Waals surface area contributed by atoms with Gasteiger partial charge in [-0.05, 0) is 25.1 Å². The van der Waals surface area contributed by atoms with E-state index in [1.807, 2.05) is 6.07 Å². The summed E-state index contributed by atoms with van der Waals surface area (Å²) in [5, 5.41) is 14.1. The first-order valence-corrected chi connectivity index (χ1v) is 7.56. The average Bonchev–Trinajstić information content (AvgIpc) is 3.05. The van der Waals surface area contributed by atoms with Crippen LogP contribution < -0.4 is 15.4 Å². The highest BCUT2D eigenvalue weighted by molar-refractivity contribution is 5.91. The number of aromatic nitrogens is 2. The number of carbonyl (C=O) groups excluding carboxylic acids is 1. The third-order valence-corrected chi connectivity index (χ3v) is 3.25. The van der Waals surface area contributed by atoms with E-state index >= 15 is 0 Å². The zero-order valence-electron chi connectivity index (χ0n) is 13.5. The van der Waals surface area contributed by atoms with E-state index in [1.54, 1.807) is 19.1 Å². The van der Waals surface area contributed by atoms with E-state index in [2.05, 4.69) is 15.6 Å². The molecule has 0 aliphatic heterocycles. The van der Waals surface area contributed by atoms with Crippen LogP contribution in [0.3, 0.4) is 0 Å². The summed E-state index contributed by atoms with van der Waals surface area (Å²) in [7, 11) is 0. The molecule has 0 bridgehead atoms. The van der Waals surface area contributed by atoms with Gasteiger partial charge in [-0.1, -0.05) is 0 Å². The second-order valence-electron chi connectivity index (χ2n) is 4.92. The van der Waals surface area contributed by atoms with Gasteiger partial charge in [0.25, 0.3) is 0 Å². The van der Waals surface area contributed by atoms with Crippen molar-refractivity contribution < 1.29 is 18.3 Å². The van der Waals surface area contributed by atoms with Gasteiger partial charge < -0.3 is 15.4 Å². The number of alkyl halides is 2. The number of hydrogen-bond donors (Lipinski definition) is 2. The molecule has 1 aromatic carbocycles. The van der Waals surface area contributed by atoms with Crippen molar-refractivity contribution >= 4 is 11.7 Å². The van der Waals surface area contributed by atoms with E-state index in [4.69, 9.17) is 10.00 Å². The second-order valence-corrected chi connectivity index (χ2v) is 4.92. The number of carbonyl (C=O) groups is 1. The molecule has 0 unspecified atom stereocenters. The van der Waals surface area contributed by atoms with Crippen molar-refractivity contribution in [1.29, 1.82) is 5.26 Å². The maximum atomic E-state index is 12.7. The minimum Gasteiger partial charge on any atom is -0.492 e. The summed E-state index contributed by atoms with van der Waals surface area (Å²) in [6, 6.07) is 6.11. The summed E-state index contributed by atoms with van der Waals surface area (Å²) in [6.45, 7) is -0.350. The Labute approximate surface area is 143 Å². The van der Waals surface area contributed by atoms with Crippen molar-refractivity contribution in [3.63, 3.8) is 0 Å². The van der Waals surface area contributed by atoms with Gasteiger partial charge in [0, 0.05) is 25.4 Å². The summed E-state index contributed by atoms with van der Waals surface area (Å²) >= 11 is 0. The Kier molecular flexibility index (Phi) is 6.28. The molecule has 1 heterocycles. The maximum absolute atomic E-state index is 12.7. The van der Waals surface area contributed by atoms with Crippen LogP contribution in [-0.4, -0.2) is 28.7 Å². The molecule has 132 valence electrons. The van der Waals surface area contributed by atoms with E-state index in [1.165, 1.54) is 18.5 Å². The van der Waals surface area contributed by atoms with E-state index in [-0.39, 0.29) is 18.8 Å². The first kappa shape index (κ1) is 18.2. The lowest BCUT2D eigenvalue weighted by atomic mass is 10.2. The standard InChI is InChI=1S/C16H17F2N5O2/c1-2-25-13-4-3-11(10-19)9-12(13)22-16(24)21-6-5-14-20-7-8-23(14)15(17)18/h3-4,7-9,15H,2,5-6H2,1H3,(H2,21,22,24). The molecular formula is C16H17F2N5O2. The number of hydrogen-bond acceptors (Lipinski definition) is 4. The Morgan fingerprint density at radius 3 is 2.96 bits per heavy atom. The van der Waals surface area contributed by atoms with Gasteiger partial charge in [-0.2, -0.15) is 14.0 Å². The normalized spacial score (nSPS) is 10.4. The SMILES string of the molecule is CCOc1ccc(C#N)cc1NC(=O)NCCc1nccn1C(F)F. The molecular weight excluding hydrogens is 332 g/mol. The Balaban J connectivity index is 1.94. The number of nitriles is 1. The molecule has 2 amide bonds. The number of nitrogens with zero attached hydrogens (tertiary/aromatic N) is 3. The fourth-order valence-corrected chi connectivity index (χ4v) is 2.15. The molecule has 1 aromatic heterocycles. The van der Waals surface area contributed by atoms with Gasteiger partial charge in [0.05, 0.1) is 23.9 Å². The highest BCUT2D eigenvalue weighted by atomic mass is 19.3. The number of rotatable bonds is 7. The fourth-order valence-electron chi connectivity index (χ4n) is 2.15. The number of anilines is 1. The number of nitrogens with one attached hydrogen (secondary N) is 2. The van der Waals surface area contributed by atoms with Crippen molar-refractivity contribution in [2.75, 3.05) is 18.5 Å². The van der Waals surface area contributed by atoms with Crippen LogP contribution >= 0.6 is 0 Å². The van der Waals surface area contributed by atoms with E-state index in [0.29, 0.717) is 23.6 Å². The zero-order valence-corrected chi connectivity index (χ0v) is 13.5. The van der Waals surface area contributed by atoms with Crippen molar-refractivity contribution in [2.24, 2.45) is 0 Å². The zero-order chi connectivity index (χ0) is 18.2. The van der Waals surface area contributed by atoms with Gasteiger partial charge in [-0.3, -0.25) is 4.57 Å². The van der Waals surface area contributed by atoms with Crippen LogP contribution in [0.25, 0.3) is 0 Å². The summed E-state index contributed by atoms with van der Waals surface area (Å²) in [5.41, 5.74) is 0.727. The van der Waals surface area contributed by atoms with Crippen molar-refractivity contribution in [2.45, 2.75) is 19.9 Å². The molecule has 0 spiro atoms. The van der Waals surface area contributed by atoms with Crippen LogP contribution in [0, 0.1) is 11.3 Å². The topological polar surface area (TPSA) is 92.0 Å². The predicted octanol–water partition coefficient (Wildman–Crippen LogP) is 2.91. The Hall–Kier alpha value is -3.15. The summed E-state index contributed by atoms with van der Waals surface area (Å²) in [4.78, 5) is 15.8. The molecule has 25 heavy (non-hydrogen) atoms. The van der Waals surface area contributed by atoms with Gasteiger partial charge in [-0.15, -0.1) is 0 Å². The monoisotopic (exact) mass is 349 g/mol. The second kappa shape index (κ2) is 8.63. The molecule has 0 radical (unpaired) electrons. The molecule has 7 nitrogen and oxygen atoms in total. The van der Waals surface area contributed by atoms with Crippen LogP contribution in [0.2, 0.25) is 0 Å². The number of amides is 2. The largest absolute Gasteiger partial charge is 0.492 e.